The summed E-state index contributed by atoms with van der Waals surface area (Å²) in [5.41, 5.74) is 0. The Balaban J connectivity index is 0.00000676. The molecule has 0 spiro atoms. The summed E-state index contributed by atoms with van der Waals surface area (Å²) in [6.45, 7) is 9.36. The lowest BCUT2D eigenvalue weighted by Crippen LogP contribution is -2.39. The van der Waals surface area contributed by atoms with Crippen molar-refractivity contribution >= 4 is 29.9 Å². The molecular formula is C20H36IN3O3. The molecule has 7 heteroatoms. The average molecular weight is 493 g/mol. The maximum Gasteiger partial charge on any atom is 0.191 e. The molecule has 0 aliphatic heterocycles. The number of ether oxygens (including phenoxy) is 2. The number of halogens is 1. The van der Waals surface area contributed by atoms with Gasteiger partial charge in [-0.3, -0.25) is 4.99 Å². The Morgan fingerprint density at radius 3 is 2.59 bits per heavy atom. The third-order valence-electron chi connectivity index (χ3n) is 3.90. The molecule has 0 aliphatic carbocycles. The summed E-state index contributed by atoms with van der Waals surface area (Å²) in [4.78, 5) is 4.67. The van der Waals surface area contributed by atoms with Gasteiger partial charge in [-0.25, -0.2) is 0 Å². The highest BCUT2D eigenvalue weighted by Gasteiger charge is 2.10. The normalized spacial score (nSPS) is 12.3. The van der Waals surface area contributed by atoms with Crippen LogP contribution in [0.1, 0.15) is 33.6 Å². The second kappa shape index (κ2) is 15.8. The van der Waals surface area contributed by atoms with E-state index >= 15 is 0 Å². The second-order valence-corrected chi connectivity index (χ2v) is 6.68. The van der Waals surface area contributed by atoms with Gasteiger partial charge in [0.05, 0.1) is 13.7 Å². The zero-order valence-electron chi connectivity index (χ0n) is 17.0. The highest BCUT2D eigenvalue weighted by atomic mass is 127. The topological polar surface area (TPSA) is 75.1 Å². The Bertz CT molecular complexity index is 527. The summed E-state index contributed by atoms with van der Waals surface area (Å²) in [7, 11) is 1.64. The molecule has 0 amide bonds. The molecule has 0 aliphatic rings. The van der Waals surface area contributed by atoms with Crippen LogP contribution in [0.5, 0.6) is 11.5 Å². The molecule has 156 valence electrons. The summed E-state index contributed by atoms with van der Waals surface area (Å²) in [6, 6.07) is 7.57. The minimum atomic E-state index is 0. The van der Waals surface area contributed by atoms with Crippen molar-refractivity contribution in [1.29, 1.82) is 0 Å². The van der Waals surface area contributed by atoms with Gasteiger partial charge >= 0.3 is 0 Å². The van der Waals surface area contributed by atoms with Crippen molar-refractivity contribution in [1.82, 2.24) is 10.6 Å². The summed E-state index contributed by atoms with van der Waals surface area (Å²) in [5, 5.41) is 15.8. The molecule has 1 atom stereocenters. The van der Waals surface area contributed by atoms with E-state index in [1.165, 1.54) is 0 Å². The molecule has 0 saturated heterocycles. The first-order valence-electron chi connectivity index (χ1n) is 9.48. The van der Waals surface area contributed by atoms with E-state index in [4.69, 9.17) is 9.47 Å². The molecule has 0 fully saturated rings. The molecule has 27 heavy (non-hydrogen) atoms. The maximum absolute atomic E-state index is 9.23. The standard InChI is InChI=1S/C20H35N3O3.HI/c1-5-21-20(23-15-17(9-11-24)13-16(2)3)22-10-12-26-19-8-6-7-18(14-19)25-4;/h6-8,14,16-17,24H,5,9-13,15H2,1-4H3,(H2,21,22,23);1H. The predicted molar refractivity (Wildman–Crippen MR) is 123 cm³/mol. The number of hydrogen-bond donors (Lipinski definition) is 3. The fourth-order valence-corrected chi connectivity index (χ4v) is 2.72. The third kappa shape index (κ3) is 12.0. The van der Waals surface area contributed by atoms with Crippen LogP contribution in [-0.4, -0.2) is 51.0 Å². The maximum atomic E-state index is 9.23. The van der Waals surface area contributed by atoms with Gasteiger partial charge in [-0.2, -0.15) is 0 Å². The number of hydrogen-bond acceptors (Lipinski definition) is 4. The fourth-order valence-electron chi connectivity index (χ4n) is 2.72. The molecule has 1 aromatic rings. The number of nitrogens with one attached hydrogen (secondary N) is 2. The number of guanidine groups is 1. The summed E-state index contributed by atoms with van der Waals surface area (Å²) in [6.07, 6.45) is 1.86. The monoisotopic (exact) mass is 493 g/mol. The molecule has 6 nitrogen and oxygen atoms in total. The van der Waals surface area contributed by atoms with E-state index in [-0.39, 0.29) is 30.6 Å². The van der Waals surface area contributed by atoms with Crippen LogP contribution in [0.3, 0.4) is 0 Å². The lowest BCUT2D eigenvalue weighted by atomic mass is 9.94. The highest BCUT2D eigenvalue weighted by molar-refractivity contribution is 14.0. The van der Waals surface area contributed by atoms with Crippen molar-refractivity contribution in [2.24, 2.45) is 16.8 Å². The quantitative estimate of drug-likeness (QED) is 0.180. The van der Waals surface area contributed by atoms with Crippen molar-refractivity contribution in [2.75, 3.05) is 40.0 Å². The summed E-state index contributed by atoms with van der Waals surface area (Å²) in [5.74, 6) is 3.36. The van der Waals surface area contributed by atoms with E-state index < -0.39 is 0 Å². The number of aliphatic imine (C=N–C) groups is 1. The third-order valence-corrected chi connectivity index (χ3v) is 3.90. The SMILES string of the molecule is CCNC(=NCC(CCO)CC(C)C)NCCOc1cccc(OC)c1.I. The molecule has 1 rings (SSSR count). The molecule has 0 saturated carbocycles. The fraction of sp³-hybridized carbons (Fsp3) is 0.650. The first kappa shape index (κ1) is 25.8. The smallest absolute Gasteiger partial charge is 0.191 e. The van der Waals surface area contributed by atoms with Crippen LogP contribution >= 0.6 is 24.0 Å². The van der Waals surface area contributed by atoms with Crippen LogP contribution in [0.25, 0.3) is 0 Å². The molecule has 0 aromatic heterocycles. The zero-order chi connectivity index (χ0) is 19.2. The highest BCUT2D eigenvalue weighted by Crippen LogP contribution is 2.18. The minimum Gasteiger partial charge on any atom is -0.497 e. The van der Waals surface area contributed by atoms with Crippen LogP contribution in [-0.2, 0) is 0 Å². The Morgan fingerprint density at radius 1 is 1.22 bits per heavy atom. The van der Waals surface area contributed by atoms with Gasteiger partial charge in [-0.05, 0) is 43.7 Å². The zero-order valence-corrected chi connectivity index (χ0v) is 19.4. The number of benzene rings is 1. The van der Waals surface area contributed by atoms with Crippen molar-refractivity contribution in [3.8, 4) is 11.5 Å². The van der Waals surface area contributed by atoms with Gasteiger partial charge in [0.1, 0.15) is 18.1 Å². The first-order valence-corrected chi connectivity index (χ1v) is 9.48. The summed E-state index contributed by atoms with van der Waals surface area (Å²) >= 11 is 0. The number of rotatable bonds is 12. The molecule has 1 aromatic carbocycles. The van der Waals surface area contributed by atoms with E-state index in [9.17, 15) is 5.11 Å². The molecule has 0 radical (unpaired) electrons. The van der Waals surface area contributed by atoms with E-state index in [1.807, 2.05) is 31.2 Å². The lowest BCUT2D eigenvalue weighted by molar-refractivity contribution is 0.245. The van der Waals surface area contributed by atoms with Crippen LogP contribution < -0.4 is 20.1 Å². The Kier molecular flexibility index (Phi) is 15.1. The van der Waals surface area contributed by atoms with Crippen molar-refractivity contribution < 1.29 is 14.6 Å². The number of aliphatic hydroxyl groups excluding tert-OH is 1. The molecule has 1 unspecified atom stereocenters. The Morgan fingerprint density at radius 2 is 1.96 bits per heavy atom. The second-order valence-electron chi connectivity index (χ2n) is 6.68. The van der Waals surface area contributed by atoms with Gasteiger partial charge in [0.2, 0.25) is 0 Å². The summed E-state index contributed by atoms with van der Waals surface area (Å²) < 4.78 is 10.9. The van der Waals surface area contributed by atoms with E-state index in [1.54, 1.807) is 7.11 Å². The number of aliphatic hydroxyl groups is 1. The van der Waals surface area contributed by atoms with Crippen LogP contribution in [0, 0.1) is 11.8 Å². The first-order chi connectivity index (χ1) is 12.6. The van der Waals surface area contributed by atoms with Gasteiger partial charge in [-0.1, -0.05) is 19.9 Å². The van der Waals surface area contributed by atoms with Crippen LogP contribution in [0.15, 0.2) is 29.3 Å². The molecule has 0 bridgehead atoms. The van der Waals surface area contributed by atoms with E-state index in [0.717, 1.165) is 36.8 Å². The van der Waals surface area contributed by atoms with E-state index in [2.05, 4.69) is 29.5 Å². The Labute approximate surface area is 181 Å². The average Bonchev–Trinajstić information content (AvgIpc) is 2.62. The lowest BCUT2D eigenvalue weighted by Gasteiger charge is -2.17. The largest absolute Gasteiger partial charge is 0.497 e. The molecule has 0 heterocycles. The van der Waals surface area contributed by atoms with Crippen molar-refractivity contribution in [3.05, 3.63) is 24.3 Å². The molecular weight excluding hydrogens is 457 g/mol. The number of methoxy groups -OCH3 is 1. The molecule has 3 N–H and O–H groups in total. The van der Waals surface area contributed by atoms with Gasteiger partial charge in [0.15, 0.2) is 5.96 Å². The van der Waals surface area contributed by atoms with Crippen LogP contribution in [0.4, 0.5) is 0 Å². The van der Waals surface area contributed by atoms with Crippen molar-refractivity contribution in [3.63, 3.8) is 0 Å². The minimum absolute atomic E-state index is 0. The van der Waals surface area contributed by atoms with Gasteiger partial charge in [0, 0.05) is 25.8 Å². The van der Waals surface area contributed by atoms with Crippen molar-refractivity contribution in [2.45, 2.75) is 33.6 Å². The predicted octanol–water partition coefficient (Wildman–Crippen LogP) is 3.29. The van der Waals surface area contributed by atoms with Gasteiger partial charge in [-0.15, -0.1) is 24.0 Å². The van der Waals surface area contributed by atoms with Gasteiger partial charge < -0.3 is 25.2 Å². The number of nitrogens with zero attached hydrogens (tertiary/aromatic N) is 1. The van der Waals surface area contributed by atoms with E-state index in [0.29, 0.717) is 31.5 Å². The van der Waals surface area contributed by atoms with Gasteiger partial charge in [0.25, 0.3) is 0 Å². The Hall–Kier alpha value is -1.22. The van der Waals surface area contributed by atoms with Crippen LogP contribution in [0.2, 0.25) is 0 Å².